The topological polar surface area (TPSA) is 29.0 Å². The van der Waals surface area contributed by atoms with Gasteiger partial charge in [-0.3, -0.25) is 0 Å². The van der Waals surface area contributed by atoms with Gasteiger partial charge in [0.2, 0.25) is 0 Å². The third kappa shape index (κ3) is 7.86. The second kappa shape index (κ2) is 15.2. The number of hydrogen-bond acceptors (Lipinski definition) is 3. The molecule has 0 aliphatic heterocycles. The van der Waals surface area contributed by atoms with Gasteiger partial charge in [0.05, 0.1) is 5.69 Å². The van der Waals surface area contributed by atoms with Gasteiger partial charge in [0.1, 0.15) is 0 Å². The summed E-state index contributed by atoms with van der Waals surface area (Å²) in [6.07, 6.45) is 3.81. The Hall–Kier alpha value is -5.11. The van der Waals surface area contributed by atoms with E-state index in [4.69, 9.17) is 9.97 Å². The van der Waals surface area contributed by atoms with Crippen LogP contribution in [0.25, 0.3) is 44.8 Å². The van der Waals surface area contributed by atoms with Crippen molar-refractivity contribution < 1.29 is 21.1 Å². The van der Waals surface area contributed by atoms with E-state index in [1.807, 2.05) is 12.4 Å². The van der Waals surface area contributed by atoms with Gasteiger partial charge in [-0.05, 0) is 68.0 Å². The normalized spacial score (nSPS) is 11.5. The number of para-hydroxylation sites is 1. The van der Waals surface area contributed by atoms with Crippen LogP contribution in [0.4, 0.5) is 17.1 Å². The van der Waals surface area contributed by atoms with E-state index in [2.05, 4.69) is 198 Å². The summed E-state index contributed by atoms with van der Waals surface area (Å²) >= 11 is 0. The number of rotatable bonds is 7. The monoisotopic (exact) mass is 856 g/mol. The molecule has 2 aromatic heterocycles. The van der Waals surface area contributed by atoms with Crippen LogP contribution < -0.4 is 4.90 Å². The molecule has 0 radical (unpaired) electrons. The average molecular weight is 857 g/mol. The molecule has 0 atom stereocenters. The van der Waals surface area contributed by atoms with Crippen LogP contribution in [-0.2, 0) is 31.9 Å². The van der Waals surface area contributed by atoms with Crippen molar-refractivity contribution in [3.05, 3.63) is 175 Å². The van der Waals surface area contributed by atoms with Crippen LogP contribution in [-0.4, -0.2) is 9.97 Å². The molecular weight excluding hydrogens is 814 g/mol. The van der Waals surface area contributed by atoms with Gasteiger partial charge < -0.3 is 14.9 Å². The van der Waals surface area contributed by atoms with Crippen LogP contribution in [0.2, 0.25) is 0 Å². The zero-order valence-electron chi connectivity index (χ0n) is 30.6. The first kappa shape index (κ1) is 36.7. The molecule has 5 aromatic carbocycles. The minimum absolute atomic E-state index is 0. The van der Waals surface area contributed by atoms with E-state index in [9.17, 15) is 0 Å². The summed E-state index contributed by atoms with van der Waals surface area (Å²) in [5, 5.41) is 0. The van der Waals surface area contributed by atoms with Gasteiger partial charge >= 0.3 is 21.1 Å². The maximum atomic E-state index is 4.82. The number of nitrogens with zero attached hydrogens (tertiary/aromatic N) is 3. The SMILES string of the molecule is CC(C)(C)c1ccnc(-c2[c-]c(N(c3[c-]c(-c4cc(C(C)(C)C)ccn4)ccc3)c3c(-c4ccccc4)cccc3-c3ccccc3)ccc2)c1.[Pt+2]. The van der Waals surface area contributed by atoms with Crippen molar-refractivity contribution in [2.75, 3.05) is 4.90 Å². The molecule has 0 unspecified atom stereocenters. The van der Waals surface area contributed by atoms with Crippen molar-refractivity contribution in [2.24, 2.45) is 0 Å². The Morgan fingerprint density at radius 2 is 0.865 bits per heavy atom. The third-order valence-electron chi connectivity index (χ3n) is 9.27. The largest absolute Gasteiger partial charge is 2.00 e. The Morgan fingerprint density at radius 1 is 0.462 bits per heavy atom. The fourth-order valence-corrected chi connectivity index (χ4v) is 6.42. The summed E-state index contributed by atoms with van der Waals surface area (Å²) in [6, 6.07) is 56.7. The molecule has 7 rings (SSSR count). The molecule has 0 aliphatic carbocycles. The number of pyridine rings is 2. The molecule has 7 aromatic rings. The van der Waals surface area contributed by atoms with E-state index in [0.29, 0.717) is 0 Å². The molecule has 3 nitrogen and oxygen atoms in total. The second-order valence-corrected chi connectivity index (χ2v) is 15.0. The van der Waals surface area contributed by atoms with Crippen LogP contribution >= 0.6 is 0 Å². The second-order valence-electron chi connectivity index (χ2n) is 15.0. The molecular formula is C48H43N3Pt. The Morgan fingerprint density at radius 3 is 1.27 bits per heavy atom. The first-order chi connectivity index (χ1) is 24.6. The summed E-state index contributed by atoms with van der Waals surface area (Å²) in [5.74, 6) is 0. The minimum atomic E-state index is -0.00568. The van der Waals surface area contributed by atoms with Crippen LogP contribution in [0.5, 0.6) is 0 Å². The smallest absolute Gasteiger partial charge is 0.345 e. The Labute approximate surface area is 323 Å². The predicted octanol–water partition coefficient (Wildman–Crippen LogP) is 12.8. The molecule has 0 amide bonds. The van der Waals surface area contributed by atoms with Crippen LogP contribution in [0.3, 0.4) is 0 Å². The Balaban J connectivity index is 0.00000464. The van der Waals surface area contributed by atoms with Crippen molar-refractivity contribution in [3.63, 3.8) is 0 Å². The summed E-state index contributed by atoms with van der Waals surface area (Å²) in [4.78, 5) is 11.9. The van der Waals surface area contributed by atoms with Crippen LogP contribution in [0.15, 0.2) is 152 Å². The summed E-state index contributed by atoms with van der Waals surface area (Å²) in [6.45, 7) is 13.4. The number of benzene rings is 5. The van der Waals surface area contributed by atoms with Gasteiger partial charge in [-0.2, -0.15) is 0 Å². The summed E-state index contributed by atoms with van der Waals surface area (Å²) in [7, 11) is 0. The van der Waals surface area contributed by atoms with E-state index < -0.39 is 0 Å². The zero-order chi connectivity index (χ0) is 35.6. The fourth-order valence-electron chi connectivity index (χ4n) is 6.42. The molecule has 0 saturated carbocycles. The molecule has 0 aliphatic rings. The molecule has 0 spiro atoms. The van der Waals surface area contributed by atoms with Gasteiger partial charge in [-0.15, -0.1) is 59.7 Å². The Kier molecular flexibility index (Phi) is 10.7. The molecule has 0 fully saturated rings. The summed E-state index contributed by atoms with van der Waals surface area (Å²) in [5.41, 5.74) is 13.4. The van der Waals surface area contributed by atoms with Gasteiger partial charge in [0, 0.05) is 23.5 Å². The number of hydrogen-bond donors (Lipinski definition) is 0. The third-order valence-corrected chi connectivity index (χ3v) is 9.27. The van der Waals surface area contributed by atoms with E-state index in [0.717, 1.165) is 61.8 Å². The van der Waals surface area contributed by atoms with Crippen molar-refractivity contribution >= 4 is 17.1 Å². The standard InChI is InChI=1S/C48H43N3.Pt/c1-47(2,3)38-26-28-49-44(32-38)36-20-13-22-40(30-36)51(41-23-14-21-37(31-41)45-33-39(27-29-50-45)48(4,5)6)46-42(34-16-9-7-10-17-34)24-15-25-43(46)35-18-11-8-12-19-35;/h7-29,32-33H,1-6H3;/q-2;+2. The maximum Gasteiger partial charge on any atom is 2.00 e. The van der Waals surface area contributed by atoms with Crippen molar-refractivity contribution in [1.82, 2.24) is 9.97 Å². The molecule has 0 saturated heterocycles. The van der Waals surface area contributed by atoms with E-state index >= 15 is 0 Å². The molecule has 4 heteroatoms. The van der Waals surface area contributed by atoms with Crippen molar-refractivity contribution in [3.8, 4) is 44.8 Å². The van der Waals surface area contributed by atoms with Gasteiger partial charge in [-0.25, -0.2) is 0 Å². The van der Waals surface area contributed by atoms with Crippen molar-refractivity contribution in [2.45, 2.75) is 52.4 Å². The first-order valence-electron chi connectivity index (χ1n) is 17.6. The van der Waals surface area contributed by atoms with E-state index in [1.165, 1.54) is 11.1 Å². The number of anilines is 3. The quantitative estimate of drug-likeness (QED) is 0.150. The first-order valence-corrected chi connectivity index (χ1v) is 17.6. The van der Waals surface area contributed by atoms with Gasteiger partial charge in [-0.1, -0.05) is 133 Å². The van der Waals surface area contributed by atoms with Crippen LogP contribution in [0.1, 0.15) is 52.7 Å². The molecule has 0 bridgehead atoms. The molecule has 0 N–H and O–H groups in total. The average Bonchev–Trinajstić information content (AvgIpc) is 3.15. The van der Waals surface area contributed by atoms with E-state index in [1.54, 1.807) is 0 Å². The van der Waals surface area contributed by atoms with Crippen LogP contribution in [0, 0.1) is 12.1 Å². The summed E-state index contributed by atoms with van der Waals surface area (Å²) < 4.78 is 0. The Bertz CT molecular complexity index is 2120. The zero-order valence-corrected chi connectivity index (χ0v) is 32.9. The molecule has 2 heterocycles. The van der Waals surface area contributed by atoms with E-state index in [-0.39, 0.29) is 31.9 Å². The van der Waals surface area contributed by atoms with Gasteiger partial charge in [0.25, 0.3) is 0 Å². The minimum Gasteiger partial charge on any atom is -0.345 e. The molecule has 52 heavy (non-hydrogen) atoms. The molecule has 260 valence electrons. The number of aromatic nitrogens is 2. The van der Waals surface area contributed by atoms with Gasteiger partial charge in [0.15, 0.2) is 0 Å². The predicted molar refractivity (Wildman–Crippen MR) is 214 cm³/mol. The van der Waals surface area contributed by atoms with Crippen molar-refractivity contribution in [1.29, 1.82) is 0 Å². The maximum absolute atomic E-state index is 4.82. The fraction of sp³-hybridized carbons (Fsp3) is 0.167.